The number of allylic oxidation sites excluding steroid dienone is 1. The minimum absolute atomic E-state index is 0.0329. The predicted octanol–water partition coefficient (Wildman–Crippen LogP) is 2.11. The van der Waals surface area contributed by atoms with Crippen LogP contribution >= 0.6 is 0 Å². The Morgan fingerprint density at radius 2 is 1.97 bits per heavy atom. The van der Waals surface area contributed by atoms with Crippen LogP contribution in [0.1, 0.15) is 31.0 Å². The molecular formula is C26H29N5O7. The Morgan fingerprint density at radius 3 is 2.66 bits per heavy atom. The number of nitrogens with one attached hydrogen (secondary N) is 3. The molecule has 200 valence electrons. The van der Waals surface area contributed by atoms with Crippen molar-refractivity contribution in [2.45, 2.75) is 26.1 Å². The zero-order valence-corrected chi connectivity index (χ0v) is 21.2. The van der Waals surface area contributed by atoms with Crippen LogP contribution in [-0.2, 0) is 9.53 Å². The number of nitrogens with zero attached hydrogens (tertiary/aromatic N) is 2. The highest BCUT2D eigenvalue weighted by Crippen LogP contribution is 2.34. The fraction of sp³-hybridized carbons (Fsp3) is 0.308. The number of aliphatic hydroxyl groups excluding tert-OH is 1. The Labute approximate surface area is 219 Å². The predicted molar refractivity (Wildman–Crippen MR) is 137 cm³/mol. The van der Waals surface area contributed by atoms with Gasteiger partial charge in [-0.25, -0.2) is 9.59 Å². The number of benzene rings is 2. The summed E-state index contributed by atoms with van der Waals surface area (Å²) in [6.07, 6.45) is 0.387. The molecule has 0 radical (unpaired) electrons. The first-order chi connectivity index (χ1) is 18.4. The first kappa shape index (κ1) is 27.8. The van der Waals surface area contributed by atoms with Gasteiger partial charge in [-0.3, -0.25) is 5.43 Å². The molecule has 1 aliphatic heterocycles. The highest BCUT2D eigenvalue weighted by atomic mass is 16.5. The van der Waals surface area contributed by atoms with E-state index in [-0.39, 0.29) is 18.8 Å². The van der Waals surface area contributed by atoms with E-state index in [0.717, 1.165) is 5.56 Å². The summed E-state index contributed by atoms with van der Waals surface area (Å²) in [4.78, 5) is 24.4. The van der Waals surface area contributed by atoms with E-state index in [1.54, 1.807) is 56.3 Å². The van der Waals surface area contributed by atoms with Gasteiger partial charge in [-0.2, -0.15) is 10.4 Å². The molecule has 2 aromatic rings. The third-order valence-corrected chi connectivity index (χ3v) is 5.29. The van der Waals surface area contributed by atoms with Crippen molar-refractivity contribution in [3.63, 3.8) is 0 Å². The lowest BCUT2D eigenvalue weighted by molar-refractivity contribution is -0.136. The highest BCUT2D eigenvalue weighted by Gasteiger charge is 2.32. The van der Waals surface area contributed by atoms with E-state index >= 15 is 0 Å². The number of aliphatic hydroxyl groups is 1. The summed E-state index contributed by atoms with van der Waals surface area (Å²) in [5.41, 5.74) is 4.57. The van der Waals surface area contributed by atoms with Crippen LogP contribution in [-0.4, -0.2) is 56.5 Å². The van der Waals surface area contributed by atoms with E-state index in [1.165, 1.54) is 13.3 Å². The van der Waals surface area contributed by atoms with Gasteiger partial charge in [0, 0.05) is 5.70 Å². The molecule has 1 aliphatic rings. The van der Waals surface area contributed by atoms with E-state index in [9.17, 15) is 14.7 Å². The Kier molecular flexibility index (Phi) is 9.90. The lowest BCUT2D eigenvalue weighted by atomic mass is 9.95. The molecule has 0 spiro atoms. The number of carbonyl (C=O) groups is 2. The van der Waals surface area contributed by atoms with Gasteiger partial charge in [0.15, 0.2) is 24.3 Å². The number of amides is 2. The molecule has 4 N–H and O–H groups in total. The number of carbonyl (C=O) groups excluding carboxylic acids is 2. The number of hydrogen-bond donors (Lipinski definition) is 4. The second kappa shape index (κ2) is 13.5. The first-order valence-corrected chi connectivity index (χ1v) is 11.7. The standard InChI is InChI=1S/C26H29N5O7/c1-4-36-21-13-18(24-23(25(33)35-3)16(2)29-26(34)30-24)7-10-20(21)38-15-22(32)31-28-14-17-5-8-19(9-6-17)37-12-11-27/h5-10,13-14,22,24,31-32H,4,12,15H2,1-3H3,(H2,29,30,34)/b28-14-/t22-,24-/m0/s1. The molecule has 12 heteroatoms. The molecule has 0 aliphatic carbocycles. The van der Waals surface area contributed by atoms with Crippen LogP contribution in [0, 0.1) is 11.3 Å². The van der Waals surface area contributed by atoms with Crippen LogP contribution < -0.4 is 30.3 Å². The van der Waals surface area contributed by atoms with Crippen molar-refractivity contribution in [2.24, 2.45) is 5.10 Å². The first-order valence-electron chi connectivity index (χ1n) is 11.7. The molecule has 0 aromatic heterocycles. The number of rotatable bonds is 12. The minimum atomic E-state index is -1.13. The molecule has 12 nitrogen and oxygen atoms in total. The highest BCUT2D eigenvalue weighted by molar-refractivity contribution is 5.95. The summed E-state index contributed by atoms with van der Waals surface area (Å²) in [6.45, 7) is 3.59. The quantitative estimate of drug-likeness (QED) is 0.141. The Hall–Kier alpha value is -4.76. The van der Waals surface area contributed by atoms with E-state index in [1.807, 2.05) is 6.07 Å². The molecule has 2 aromatic carbocycles. The third kappa shape index (κ3) is 7.37. The van der Waals surface area contributed by atoms with Crippen LogP contribution in [0.25, 0.3) is 0 Å². The average Bonchev–Trinajstić information content (AvgIpc) is 2.91. The Morgan fingerprint density at radius 1 is 1.21 bits per heavy atom. The molecule has 0 fully saturated rings. The summed E-state index contributed by atoms with van der Waals surface area (Å²) >= 11 is 0. The van der Waals surface area contributed by atoms with E-state index in [4.69, 9.17) is 24.2 Å². The number of ether oxygens (including phenoxy) is 4. The SMILES string of the molecule is CCOc1cc([C@@H]2NC(=O)NC(C)=C2C(=O)OC)ccc1OC[C@H](O)N/N=C\c1ccc(OCC#N)cc1. The van der Waals surface area contributed by atoms with Gasteiger partial charge in [0.2, 0.25) is 0 Å². The lowest BCUT2D eigenvalue weighted by Crippen LogP contribution is -2.45. The van der Waals surface area contributed by atoms with Gasteiger partial charge in [0.1, 0.15) is 18.4 Å². The molecule has 0 bridgehead atoms. The van der Waals surface area contributed by atoms with E-state index < -0.39 is 24.3 Å². The Bertz CT molecular complexity index is 1240. The number of esters is 1. The summed E-state index contributed by atoms with van der Waals surface area (Å²) in [6, 6.07) is 12.6. The van der Waals surface area contributed by atoms with Crippen LogP contribution in [0.15, 0.2) is 58.8 Å². The normalized spacial score (nSPS) is 15.7. The number of nitriles is 1. The minimum Gasteiger partial charge on any atom is -0.490 e. The van der Waals surface area contributed by atoms with E-state index in [0.29, 0.717) is 35.1 Å². The zero-order chi connectivity index (χ0) is 27.5. The molecule has 3 rings (SSSR count). The fourth-order valence-electron chi connectivity index (χ4n) is 3.59. The van der Waals surface area contributed by atoms with Crippen LogP contribution in [0.3, 0.4) is 0 Å². The molecule has 38 heavy (non-hydrogen) atoms. The number of urea groups is 1. The topological polar surface area (TPSA) is 164 Å². The lowest BCUT2D eigenvalue weighted by Gasteiger charge is -2.28. The fourth-order valence-corrected chi connectivity index (χ4v) is 3.59. The van der Waals surface area contributed by atoms with Gasteiger partial charge in [-0.1, -0.05) is 6.07 Å². The zero-order valence-electron chi connectivity index (χ0n) is 21.2. The van der Waals surface area contributed by atoms with Crippen molar-refractivity contribution in [1.82, 2.24) is 16.1 Å². The molecule has 1 heterocycles. The van der Waals surface area contributed by atoms with Crippen molar-refractivity contribution >= 4 is 18.2 Å². The van der Waals surface area contributed by atoms with E-state index in [2.05, 4.69) is 21.2 Å². The van der Waals surface area contributed by atoms with Crippen molar-refractivity contribution in [3.8, 4) is 23.3 Å². The summed E-state index contributed by atoms with van der Waals surface area (Å²) in [5, 5.41) is 28.1. The monoisotopic (exact) mass is 523 g/mol. The van der Waals surface area contributed by atoms with Gasteiger partial charge in [0.05, 0.1) is 31.5 Å². The smallest absolute Gasteiger partial charge is 0.337 e. The van der Waals surface area contributed by atoms with Crippen LogP contribution in [0.4, 0.5) is 4.79 Å². The van der Waals surface area contributed by atoms with Crippen molar-refractivity contribution in [2.75, 3.05) is 26.9 Å². The number of hydrogen-bond acceptors (Lipinski definition) is 10. The van der Waals surface area contributed by atoms with Crippen molar-refractivity contribution in [3.05, 3.63) is 64.9 Å². The molecule has 0 unspecified atom stereocenters. The maximum atomic E-state index is 12.4. The summed E-state index contributed by atoms with van der Waals surface area (Å²) in [5.74, 6) is 0.718. The summed E-state index contributed by atoms with van der Waals surface area (Å²) < 4.78 is 21.5. The molecule has 2 atom stereocenters. The number of hydrazone groups is 1. The van der Waals surface area contributed by atoms with Crippen LogP contribution in [0.5, 0.6) is 17.2 Å². The second-order valence-electron chi connectivity index (χ2n) is 7.93. The van der Waals surface area contributed by atoms with Crippen molar-refractivity contribution < 1.29 is 33.6 Å². The molecular weight excluding hydrogens is 494 g/mol. The molecule has 2 amide bonds. The third-order valence-electron chi connectivity index (χ3n) is 5.29. The molecule has 0 saturated heterocycles. The largest absolute Gasteiger partial charge is 0.490 e. The maximum Gasteiger partial charge on any atom is 0.337 e. The van der Waals surface area contributed by atoms with Gasteiger partial charge in [0.25, 0.3) is 0 Å². The van der Waals surface area contributed by atoms with Crippen molar-refractivity contribution in [1.29, 1.82) is 5.26 Å². The van der Waals surface area contributed by atoms with Gasteiger partial charge in [-0.05, 0) is 61.4 Å². The molecule has 0 saturated carbocycles. The average molecular weight is 524 g/mol. The Balaban J connectivity index is 1.65. The van der Waals surface area contributed by atoms with Crippen LogP contribution in [0.2, 0.25) is 0 Å². The second-order valence-corrected chi connectivity index (χ2v) is 7.93. The van der Waals surface area contributed by atoms with Gasteiger partial charge < -0.3 is 34.7 Å². The van der Waals surface area contributed by atoms with Gasteiger partial charge in [-0.15, -0.1) is 0 Å². The summed E-state index contributed by atoms with van der Waals surface area (Å²) in [7, 11) is 1.27. The van der Waals surface area contributed by atoms with Gasteiger partial charge >= 0.3 is 12.0 Å². The maximum absolute atomic E-state index is 12.4. The number of methoxy groups -OCH3 is 1.